The summed E-state index contributed by atoms with van der Waals surface area (Å²) in [5, 5.41) is 6.13. The number of anilines is 1. The summed E-state index contributed by atoms with van der Waals surface area (Å²) in [6, 6.07) is 11.9. The molecule has 0 aliphatic carbocycles. The molecule has 0 saturated heterocycles. The van der Waals surface area contributed by atoms with Crippen molar-refractivity contribution < 1.29 is 13.6 Å². The summed E-state index contributed by atoms with van der Waals surface area (Å²) in [5.74, 6) is -0.577. The molecule has 3 nitrogen and oxygen atoms in total. The summed E-state index contributed by atoms with van der Waals surface area (Å²) in [6.45, 7) is 0. The number of carbonyl (C=O) groups excluding carboxylic acids is 1. The lowest BCUT2D eigenvalue weighted by Crippen LogP contribution is -2.27. The van der Waals surface area contributed by atoms with E-state index in [1.807, 2.05) is 0 Å². The van der Waals surface area contributed by atoms with Crippen molar-refractivity contribution in [2.45, 2.75) is 25.3 Å². The summed E-state index contributed by atoms with van der Waals surface area (Å²) in [5.41, 5.74) is 2.63. The standard InChI is InChI=1S/C18H16F2N2O/c19-14-4-1-13(2-5-14)3-8-16-11-18(12-23)22(21-16)17-9-6-15(20)7-10-17/h1-2,4-7,9-10,12,18H,3,8,11H2. The zero-order valence-corrected chi connectivity index (χ0v) is 12.5. The molecule has 0 saturated carbocycles. The van der Waals surface area contributed by atoms with Gasteiger partial charge in [-0.1, -0.05) is 12.1 Å². The largest absolute Gasteiger partial charge is 0.301 e. The topological polar surface area (TPSA) is 32.7 Å². The first-order chi connectivity index (χ1) is 11.2. The normalized spacial score (nSPS) is 17.2. The lowest BCUT2D eigenvalue weighted by Gasteiger charge is -2.18. The van der Waals surface area contributed by atoms with E-state index in [0.29, 0.717) is 18.5 Å². The van der Waals surface area contributed by atoms with Gasteiger partial charge >= 0.3 is 0 Å². The summed E-state index contributed by atoms with van der Waals surface area (Å²) in [6.07, 6.45) is 2.86. The molecule has 23 heavy (non-hydrogen) atoms. The molecule has 118 valence electrons. The van der Waals surface area contributed by atoms with Gasteiger partial charge in [-0.05, 0) is 54.8 Å². The third-order valence-electron chi connectivity index (χ3n) is 3.87. The molecule has 0 N–H and O–H groups in total. The number of benzene rings is 2. The van der Waals surface area contributed by atoms with Gasteiger partial charge < -0.3 is 4.79 Å². The van der Waals surface area contributed by atoms with Crippen molar-refractivity contribution in [1.29, 1.82) is 0 Å². The highest BCUT2D eigenvalue weighted by atomic mass is 19.1. The Morgan fingerprint density at radius 3 is 2.22 bits per heavy atom. The molecular formula is C18H16F2N2O. The van der Waals surface area contributed by atoms with Gasteiger partial charge in [0, 0.05) is 12.1 Å². The molecule has 0 radical (unpaired) electrons. The zero-order chi connectivity index (χ0) is 16.2. The average Bonchev–Trinajstić information content (AvgIpc) is 2.98. The lowest BCUT2D eigenvalue weighted by atomic mass is 10.0. The molecule has 0 aromatic heterocycles. The highest BCUT2D eigenvalue weighted by molar-refractivity contribution is 5.92. The SMILES string of the molecule is O=CC1CC(CCc2ccc(F)cc2)=NN1c1ccc(F)cc1. The van der Waals surface area contributed by atoms with Crippen LogP contribution < -0.4 is 5.01 Å². The first-order valence-electron chi connectivity index (χ1n) is 7.46. The number of carbonyl (C=O) groups is 1. The van der Waals surface area contributed by atoms with Gasteiger partial charge in [0.2, 0.25) is 0 Å². The number of aldehydes is 1. The molecule has 3 rings (SSSR count). The smallest absolute Gasteiger partial charge is 0.144 e. The van der Waals surface area contributed by atoms with E-state index in [0.717, 1.165) is 24.0 Å². The Kier molecular flexibility index (Phi) is 4.46. The van der Waals surface area contributed by atoms with Gasteiger partial charge in [0.1, 0.15) is 24.0 Å². The first kappa shape index (κ1) is 15.3. The Morgan fingerprint density at radius 1 is 1.00 bits per heavy atom. The number of halogens is 2. The minimum Gasteiger partial charge on any atom is -0.301 e. The van der Waals surface area contributed by atoms with Crippen LogP contribution in [0.2, 0.25) is 0 Å². The molecule has 0 spiro atoms. The van der Waals surface area contributed by atoms with Crippen LogP contribution in [0, 0.1) is 11.6 Å². The number of rotatable bonds is 5. The maximum absolute atomic E-state index is 13.0. The van der Waals surface area contributed by atoms with Crippen molar-refractivity contribution in [1.82, 2.24) is 0 Å². The summed E-state index contributed by atoms with van der Waals surface area (Å²) < 4.78 is 25.9. The minimum atomic E-state index is -0.358. The second-order valence-corrected chi connectivity index (χ2v) is 5.52. The monoisotopic (exact) mass is 314 g/mol. The molecule has 2 aromatic rings. The van der Waals surface area contributed by atoms with Crippen LogP contribution in [0.3, 0.4) is 0 Å². The van der Waals surface area contributed by atoms with Gasteiger partial charge in [-0.25, -0.2) is 8.78 Å². The quantitative estimate of drug-likeness (QED) is 0.788. The molecule has 1 heterocycles. The Morgan fingerprint density at radius 2 is 1.61 bits per heavy atom. The maximum Gasteiger partial charge on any atom is 0.144 e. The van der Waals surface area contributed by atoms with Gasteiger partial charge in [0.15, 0.2) is 0 Å². The molecule has 0 bridgehead atoms. The molecule has 2 aromatic carbocycles. The van der Waals surface area contributed by atoms with E-state index in [1.54, 1.807) is 29.3 Å². The van der Waals surface area contributed by atoms with Crippen LogP contribution in [0.25, 0.3) is 0 Å². The van der Waals surface area contributed by atoms with Gasteiger partial charge in [-0.2, -0.15) is 5.10 Å². The minimum absolute atomic E-state index is 0.254. The molecule has 1 aliphatic rings. The van der Waals surface area contributed by atoms with Gasteiger partial charge in [0.05, 0.1) is 5.69 Å². The molecule has 1 aliphatic heterocycles. The number of hydrogen-bond acceptors (Lipinski definition) is 3. The third kappa shape index (κ3) is 3.62. The van der Waals surface area contributed by atoms with E-state index in [9.17, 15) is 13.6 Å². The highest BCUT2D eigenvalue weighted by Crippen LogP contribution is 2.25. The van der Waals surface area contributed by atoms with E-state index in [-0.39, 0.29) is 17.7 Å². The molecule has 5 heteroatoms. The fourth-order valence-electron chi connectivity index (χ4n) is 2.64. The predicted molar refractivity (Wildman–Crippen MR) is 85.5 cm³/mol. The van der Waals surface area contributed by atoms with Crippen LogP contribution in [-0.4, -0.2) is 18.0 Å². The first-order valence-corrected chi connectivity index (χ1v) is 7.46. The number of hydrazone groups is 1. The lowest BCUT2D eigenvalue weighted by molar-refractivity contribution is -0.108. The maximum atomic E-state index is 13.0. The predicted octanol–water partition coefficient (Wildman–Crippen LogP) is 3.73. The van der Waals surface area contributed by atoms with Crippen molar-refractivity contribution in [3.8, 4) is 0 Å². The Balaban J connectivity index is 1.70. The zero-order valence-electron chi connectivity index (χ0n) is 12.5. The molecule has 0 fully saturated rings. The second kappa shape index (κ2) is 6.69. The van der Waals surface area contributed by atoms with Crippen LogP contribution >= 0.6 is 0 Å². The van der Waals surface area contributed by atoms with E-state index >= 15 is 0 Å². The van der Waals surface area contributed by atoms with Crippen molar-refractivity contribution in [3.05, 3.63) is 65.7 Å². The third-order valence-corrected chi connectivity index (χ3v) is 3.87. The molecular weight excluding hydrogens is 298 g/mol. The fourth-order valence-corrected chi connectivity index (χ4v) is 2.64. The summed E-state index contributed by atoms with van der Waals surface area (Å²) in [4.78, 5) is 11.3. The number of aryl methyl sites for hydroxylation is 1. The Hall–Kier alpha value is -2.56. The molecule has 0 amide bonds. The number of nitrogens with zero attached hydrogens (tertiary/aromatic N) is 2. The van der Waals surface area contributed by atoms with Crippen molar-refractivity contribution in [2.75, 3.05) is 5.01 Å². The number of hydrogen-bond donors (Lipinski definition) is 0. The van der Waals surface area contributed by atoms with Gasteiger partial charge in [-0.15, -0.1) is 0 Å². The van der Waals surface area contributed by atoms with Gasteiger partial charge in [0.25, 0.3) is 0 Å². The van der Waals surface area contributed by atoms with Crippen molar-refractivity contribution in [2.24, 2.45) is 5.10 Å². The summed E-state index contributed by atoms with van der Waals surface area (Å²) in [7, 11) is 0. The molecule has 1 unspecified atom stereocenters. The van der Waals surface area contributed by atoms with Crippen LogP contribution in [0.5, 0.6) is 0 Å². The van der Waals surface area contributed by atoms with Crippen molar-refractivity contribution >= 4 is 17.7 Å². The fraction of sp³-hybridized carbons (Fsp3) is 0.222. The van der Waals surface area contributed by atoms with Crippen LogP contribution in [-0.2, 0) is 11.2 Å². The van der Waals surface area contributed by atoms with Gasteiger partial charge in [-0.3, -0.25) is 5.01 Å². The Labute approximate surface area is 133 Å². The van der Waals surface area contributed by atoms with E-state index in [1.165, 1.54) is 24.3 Å². The van der Waals surface area contributed by atoms with Crippen LogP contribution in [0.15, 0.2) is 53.6 Å². The Bertz CT molecular complexity index is 711. The van der Waals surface area contributed by atoms with E-state index in [2.05, 4.69) is 5.10 Å². The van der Waals surface area contributed by atoms with Crippen molar-refractivity contribution in [3.63, 3.8) is 0 Å². The second-order valence-electron chi connectivity index (χ2n) is 5.52. The van der Waals surface area contributed by atoms with Crippen LogP contribution in [0.4, 0.5) is 14.5 Å². The van der Waals surface area contributed by atoms with Crippen LogP contribution in [0.1, 0.15) is 18.4 Å². The van der Waals surface area contributed by atoms with E-state index < -0.39 is 0 Å². The highest BCUT2D eigenvalue weighted by Gasteiger charge is 2.26. The van der Waals surface area contributed by atoms with E-state index in [4.69, 9.17) is 0 Å². The summed E-state index contributed by atoms with van der Waals surface area (Å²) >= 11 is 0. The average molecular weight is 314 g/mol. The molecule has 1 atom stereocenters.